The van der Waals surface area contributed by atoms with Gasteiger partial charge in [0, 0.05) is 29.7 Å². The SMILES string of the molecule is Cc1ccccc1N(C)c1ccc2c(c1)CN(c1ccccc1)C2=O. The topological polar surface area (TPSA) is 23.6 Å². The van der Waals surface area contributed by atoms with Crippen molar-refractivity contribution in [2.24, 2.45) is 0 Å². The molecule has 3 nitrogen and oxygen atoms in total. The normalized spacial score (nSPS) is 13.0. The Bertz CT molecular complexity index is 934. The van der Waals surface area contributed by atoms with Crippen molar-refractivity contribution >= 4 is 23.0 Å². The quantitative estimate of drug-likeness (QED) is 0.681. The number of hydrogen-bond acceptors (Lipinski definition) is 2. The second-order valence-electron chi connectivity index (χ2n) is 6.41. The Hall–Kier alpha value is -3.07. The number of aryl methyl sites for hydroxylation is 1. The number of anilines is 3. The smallest absolute Gasteiger partial charge is 0.258 e. The van der Waals surface area contributed by atoms with Crippen molar-refractivity contribution in [3.8, 4) is 0 Å². The molecule has 1 aliphatic rings. The average molecular weight is 328 g/mol. The molecule has 0 fully saturated rings. The van der Waals surface area contributed by atoms with Crippen LogP contribution < -0.4 is 9.80 Å². The lowest BCUT2D eigenvalue weighted by atomic mass is 10.1. The van der Waals surface area contributed by atoms with Gasteiger partial charge in [0.1, 0.15) is 0 Å². The van der Waals surface area contributed by atoms with Gasteiger partial charge >= 0.3 is 0 Å². The van der Waals surface area contributed by atoms with E-state index in [4.69, 9.17) is 0 Å². The minimum Gasteiger partial charge on any atom is -0.344 e. The lowest BCUT2D eigenvalue weighted by molar-refractivity contribution is 0.0996. The number of carbonyl (C=O) groups is 1. The number of para-hydroxylation sites is 2. The second kappa shape index (κ2) is 6.10. The molecular formula is C22H20N2O. The Morgan fingerprint density at radius 1 is 0.920 bits per heavy atom. The maximum Gasteiger partial charge on any atom is 0.258 e. The summed E-state index contributed by atoms with van der Waals surface area (Å²) in [5, 5.41) is 0. The second-order valence-corrected chi connectivity index (χ2v) is 6.41. The fourth-order valence-electron chi connectivity index (χ4n) is 3.41. The van der Waals surface area contributed by atoms with Gasteiger partial charge in [-0.15, -0.1) is 0 Å². The molecular weight excluding hydrogens is 308 g/mol. The van der Waals surface area contributed by atoms with Crippen molar-refractivity contribution in [1.29, 1.82) is 0 Å². The number of hydrogen-bond donors (Lipinski definition) is 0. The lowest BCUT2D eigenvalue weighted by Crippen LogP contribution is -2.22. The minimum atomic E-state index is 0.0753. The van der Waals surface area contributed by atoms with Crippen LogP contribution in [0.25, 0.3) is 0 Å². The van der Waals surface area contributed by atoms with E-state index >= 15 is 0 Å². The fraction of sp³-hybridized carbons (Fsp3) is 0.136. The molecule has 0 radical (unpaired) electrons. The minimum absolute atomic E-state index is 0.0753. The van der Waals surface area contributed by atoms with Crippen molar-refractivity contribution in [3.63, 3.8) is 0 Å². The van der Waals surface area contributed by atoms with Crippen LogP contribution in [0.15, 0.2) is 72.8 Å². The highest BCUT2D eigenvalue weighted by Crippen LogP contribution is 2.33. The first kappa shape index (κ1) is 15.5. The zero-order chi connectivity index (χ0) is 17.4. The summed E-state index contributed by atoms with van der Waals surface area (Å²) in [4.78, 5) is 16.7. The molecule has 0 aliphatic carbocycles. The fourth-order valence-corrected chi connectivity index (χ4v) is 3.41. The van der Waals surface area contributed by atoms with E-state index in [1.165, 1.54) is 11.3 Å². The number of carbonyl (C=O) groups excluding carboxylic acids is 1. The van der Waals surface area contributed by atoms with Gasteiger partial charge in [0.25, 0.3) is 5.91 Å². The van der Waals surface area contributed by atoms with Gasteiger partial charge in [-0.1, -0.05) is 36.4 Å². The molecule has 3 heteroatoms. The number of rotatable bonds is 3. The van der Waals surface area contributed by atoms with E-state index < -0.39 is 0 Å². The Labute approximate surface area is 148 Å². The van der Waals surface area contributed by atoms with Crippen LogP contribution in [-0.2, 0) is 6.54 Å². The first-order valence-electron chi connectivity index (χ1n) is 8.44. The van der Waals surface area contributed by atoms with E-state index in [0.29, 0.717) is 6.54 Å². The molecule has 0 saturated carbocycles. The molecule has 3 aromatic rings. The van der Waals surface area contributed by atoms with Crippen LogP contribution in [-0.4, -0.2) is 13.0 Å². The van der Waals surface area contributed by atoms with Crippen LogP contribution in [0.4, 0.5) is 17.1 Å². The summed E-state index contributed by atoms with van der Waals surface area (Å²) < 4.78 is 0. The monoisotopic (exact) mass is 328 g/mol. The molecule has 1 amide bonds. The standard InChI is InChI=1S/C22H20N2O/c1-16-8-6-7-11-21(16)23(2)19-12-13-20-17(14-19)15-24(22(20)25)18-9-4-3-5-10-18/h3-14H,15H2,1-2H3. The van der Waals surface area contributed by atoms with Crippen molar-refractivity contribution < 1.29 is 4.79 Å². The van der Waals surface area contributed by atoms with E-state index in [0.717, 1.165) is 22.5 Å². The van der Waals surface area contributed by atoms with Crippen LogP contribution in [0, 0.1) is 6.92 Å². The van der Waals surface area contributed by atoms with Gasteiger partial charge in [-0.05, 0) is 54.4 Å². The average Bonchev–Trinajstić information content (AvgIpc) is 2.98. The maximum atomic E-state index is 12.7. The van der Waals surface area contributed by atoms with E-state index in [9.17, 15) is 4.79 Å². The van der Waals surface area contributed by atoms with Crippen molar-refractivity contribution in [1.82, 2.24) is 0 Å². The molecule has 4 rings (SSSR count). The first-order chi connectivity index (χ1) is 12.1. The molecule has 0 atom stereocenters. The van der Waals surface area contributed by atoms with Gasteiger partial charge in [0.2, 0.25) is 0 Å². The Balaban J connectivity index is 1.67. The summed E-state index contributed by atoms with van der Waals surface area (Å²) in [7, 11) is 2.07. The summed E-state index contributed by atoms with van der Waals surface area (Å²) in [5.41, 5.74) is 6.31. The molecule has 124 valence electrons. The summed E-state index contributed by atoms with van der Waals surface area (Å²) in [6.45, 7) is 2.73. The molecule has 0 unspecified atom stereocenters. The molecule has 1 heterocycles. The van der Waals surface area contributed by atoms with Crippen LogP contribution >= 0.6 is 0 Å². The van der Waals surface area contributed by atoms with Gasteiger partial charge in [-0.3, -0.25) is 4.79 Å². The van der Waals surface area contributed by atoms with Crippen LogP contribution in [0.5, 0.6) is 0 Å². The number of nitrogens with zero attached hydrogens (tertiary/aromatic N) is 2. The Kier molecular flexibility index (Phi) is 3.77. The summed E-state index contributed by atoms with van der Waals surface area (Å²) in [5.74, 6) is 0.0753. The zero-order valence-corrected chi connectivity index (χ0v) is 14.4. The molecule has 0 bridgehead atoms. The third-order valence-corrected chi connectivity index (χ3v) is 4.82. The molecule has 25 heavy (non-hydrogen) atoms. The summed E-state index contributed by atoms with van der Waals surface area (Å²) >= 11 is 0. The van der Waals surface area contributed by atoms with Gasteiger partial charge in [0.05, 0.1) is 6.54 Å². The van der Waals surface area contributed by atoms with Gasteiger partial charge in [-0.2, -0.15) is 0 Å². The van der Waals surface area contributed by atoms with E-state index in [1.807, 2.05) is 59.5 Å². The first-order valence-corrected chi connectivity index (χ1v) is 8.44. The number of fused-ring (bicyclic) bond motifs is 1. The lowest BCUT2D eigenvalue weighted by Gasteiger charge is -2.22. The van der Waals surface area contributed by atoms with E-state index in [-0.39, 0.29) is 5.91 Å². The molecule has 0 saturated heterocycles. The van der Waals surface area contributed by atoms with Crippen LogP contribution in [0.2, 0.25) is 0 Å². The molecule has 0 spiro atoms. The van der Waals surface area contributed by atoms with E-state index in [2.05, 4.69) is 37.1 Å². The van der Waals surface area contributed by atoms with Crippen molar-refractivity contribution in [3.05, 3.63) is 89.5 Å². The third-order valence-electron chi connectivity index (χ3n) is 4.82. The number of benzene rings is 3. The molecule has 0 aromatic heterocycles. The van der Waals surface area contributed by atoms with Crippen LogP contribution in [0.1, 0.15) is 21.5 Å². The largest absolute Gasteiger partial charge is 0.344 e. The Morgan fingerprint density at radius 2 is 1.64 bits per heavy atom. The van der Waals surface area contributed by atoms with E-state index in [1.54, 1.807) is 0 Å². The van der Waals surface area contributed by atoms with Crippen LogP contribution in [0.3, 0.4) is 0 Å². The Morgan fingerprint density at radius 3 is 2.40 bits per heavy atom. The molecule has 0 N–H and O–H groups in total. The third kappa shape index (κ3) is 2.68. The zero-order valence-electron chi connectivity index (χ0n) is 14.4. The predicted octanol–water partition coefficient (Wildman–Crippen LogP) is 4.92. The van der Waals surface area contributed by atoms with Crippen molar-refractivity contribution in [2.75, 3.05) is 16.8 Å². The van der Waals surface area contributed by atoms with Gasteiger partial charge in [0.15, 0.2) is 0 Å². The molecule has 1 aliphatic heterocycles. The highest BCUT2D eigenvalue weighted by atomic mass is 16.2. The number of amides is 1. The summed E-state index contributed by atoms with van der Waals surface area (Å²) in [6, 6.07) is 24.3. The molecule has 3 aromatic carbocycles. The highest BCUT2D eigenvalue weighted by Gasteiger charge is 2.28. The van der Waals surface area contributed by atoms with Crippen molar-refractivity contribution in [2.45, 2.75) is 13.5 Å². The maximum absolute atomic E-state index is 12.7. The predicted molar refractivity (Wildman–Crippen MR) is 103 cm³/mol. The summed E-state index contributed by atoms with van der Waals surface area (Å²) in [6.07, 6.45) is 0. The van der Waals surface area contributed by atoms with Gasteiger partial charge in [-0.25, -0.2) is 0 Å². The van der Waals surface area contributed by atoms with Gasteiger partial charge < -0.3 is 9.80 Å². The highest BCUT2D eigenvalue weighted by molar-refractivity contribution is 6.10.